The molecule has 2 aliphatic heterocycles. The number of halogens is 2. The van der Waals surface area contributed by atoms with E-state index in [1.54, 1.807) is 12.4 Å². The van der Waals surface area contributed by atoms with Gasteiger partial charge in [-0.1, -0.05) is 11.6 Å². The Bertz CT molecular complexity index is 1310. The van der Waals surface area contributed by atoms with E-state index in [1.807, 2.05) is 23.6 Å². The highest BCUT2D eigenvalue weighted by Crippen LogP contribution is 2.45. The number of anilines is 1. The van der Waals surface area contributed by atoms with Crippen LogP contribution in [0.15, 0.2) is 36.7 Å². The number of hydrogen-bond donors (Lipinski definition) is 2. The predicted molar refractivity (Wildman–Crippen MR) is 132 cm³/mol. The number of piperidine rings is 1. The molecule has 7 nitrogen and oxygen atoms in total. The summed E-state index contributed by atoms with van der Waals surface area (Å²) in [6.45, 7) is 4.52. The van der Waals surface area contributed by atoms with Gasteiger partial charge in [-0.3, -0.25) is 9.69 Å². The number of likely N-dealkylation sites (tertiary alicyclic amines) is 1. The van der Waals surface area contributed by atoms with Crippen LogP contribution in [0.3, 0.4) is 0 Å². The minimum atomic E-state index is -0.639. The smallest absolute Gasteiger partial charge is 0.235 e. The lowest BCUT2D eigenvalue weighted by atomic mass is 9.73. The Morgan fingerprint density at radius 3 is 2.77 bits per heavy atom. The van der Waals surface area contributed by atoms with Gasteiger partial charge in [0.1, 0.15) is 18.2 Å². The first kappa shape index (κ1) is 22.8. The third-order valence-electron chi connectivity index (χ3n) is 7.91. The second-order valence-corrected chi connectivity index (χ2v) is 10.8. The van der Waals surface area contributed by atoms with Crippen LogP contribution in [0, 0.1) is 5.82 Å². The van der Waals surface area contributed by atoms with E-state index in [-0.39, 0.29) is 17.8 Å². The molecule has 2 aromatic carbocycles. The number of hydrogen-bond acceptors (Lipinski definition) is 5. The van der Waals surface area contributed by atoms with Crippen molar-refractivity contribution in [3.8, 4) is 5.75 Å². The zero-order valence-electron chi connectivity index (χ0n) is 19.6. The van der Waals surface area contributed by atoms with Gasteiger partial charge in [-0.05, 0) is 69.5 Å². The van der Waals surface area contributed by atoms with Crippen molar-refractivity contribution in [2.45, 2.75) is 49.7 Å². The van der Waals surface area contributed by atoms with Gasteiger partial charge in [0.25, 0.3) is 0 Å². The molecule has 1 spiro atoms. The number of carbonyl (C=O) groups excluding carboxylic acids is 1. The van der Waals surface area contributed by atoms with Crippen molar-refractivity contribution >= 4 is 34.2 Å². The molecule has 3 aromatic rings. The number of rotatable bonds is 5. The summed E-state index contributed by atoms with van der Waals surface area (Å²) in [4.78, 5) is 19.5. The minimum absolute atomic E-state index is 0.0260. The van der Waals surface area contributed by atoms with Crippen LogP contribution < -0.4 is 10.1 Å². The van der Waals surface area contributed by atoms with Gasteiger partial charge in [-0.2, -0.15) is 0 Å². The molecule has 0 radical (unpaired) electrons. The fourth-order valence-electron chi connectivity index (χ4n) is 5.94. The molecule has 2 N–H and O–H groups in total. The maximum Gasteiger partial charge on any atom is 0.235 e. The highest BCUT2D eigenvalue weighted by atomic mass is 35.5. The van der Waals surface area contributed by atoms with Crippen molar-refractivity contribution in [1.29, 1.82) is 0 Å². The quantitative estimate of drug-likeness (QED) is 0.549. The number of carbonyl (C=O) groups is 1. The fraction of sp³-hybridized carbons (Fsp3) is 0.462. The highest BCUT2D eigenvalue weighted by molar-refractivity contribution is 6.35. The zero-order chi connectivity index (χ0) is 24.4. The first-order chi connectivity index (χ1) is 16.7. The molecule has 1 aliphatic carbocycles. The Balaban J connectivity index is 1.07. The average molecular weight is 499 g/mol. The third kappa shape index (κ3) is 3.88. The molecule has 35 heavy (non-hydrogen) atoms. The Morgan fingerprint density at radius 2 is 2.03 bits per heavy atom. The minimum Gasteiger partial charge on any atom is -0.492 e. The van der Waals surface area contributed by atoms with Crippen LogP contribution in [0.4, 0.5) is 10.1 Å². The lowest BCUT2D eigenvalue weighted by molar-refractivity contribution is -0.122. The number of benzene rings is 2. The van der Waals surface area contributed by atoms with Crippen molar-refractivity contribution in [3.05, 3.63) is 53.1 Å². The Hall–Kier alpha value is -2.68. The van der Waals surface area contributed by atoms with Crippen LogP contribution in [0.2, 0.25) is 5.02 Å². The Labute approximate surface area is 207 Å². The molecule has 0 unspecified atom stereocenters. The van der Waals surface area contributed by atoms with Crippen molar-refractivity contribution < 1.29 is 19.0 Å². The summed E-state index contributed by atoms with van der Waals surface area (Å²) in [6.07, 6.45) is 4.46. The number of aromatic nitrogens is 2. The van der Waals surface area contributed by atoms with E-state index in [0.29, 0.717) is 43.1 Å². The van der Waals surface area contributed by atoms with E-state index in [9.17, 15) is 14.3 Å². The normalized spacial score (nSPS) is 25.5. The van der Waals surface area contributed by atoms with Crippen molar-refractivity contribution in [1.82, 2.24) is 14.5 Å². The maximum atomic E-state index is 13.9. The van der Waals surface area contributed by atoms with Gasteiger partial charge in [-0.25, -0.2) is 9.37 Å². The molecule has 0 atom stereocenters. The summed E-state index contributed by atoms with van der Waals surface area (Å²) in [6, 6.07) is 8.45. The van der Waals surface area contributed by atoms with E-state index >= 15 is 0 Å². The number of amides is 1. The van der Waals surface area contributed by atoms with Gasteiger partial charge in [0.15, 0.2) is 0 Å². The second kappa shape index (κ2) is 8.18. The third-order valence-corrected chi connectivity index (χ3v) is 8.19. The van der Waals surface area contributed by atoms with Gasteiger partial charge in [-0.15, -0.1) is 0 Å². The molecular weight excluding hydrogens is 471 g/mol. The number of imidazole rings is 1. The van der Waals surface area contributed by atoms with Crippen LogP contribution in [0.1, 0.15) is 44.2 Å². The van der Waals surface area contributed by atoms with E-state index < -0.39 is 11.0 Å². The number of nitrogens with one attached hydrogen (secondary N) is 1. The largest absolute Gasteiger partial charge is 0.492 e. The highest BCUT2D eigenvalue weighted by Gasteiger charge is 2.48. The van der Waals surface area contributed by atoms with E-state index in [0.717, 1.165) is 41.9 Å². The molecule has 1 saturated carbocycles. The van der Waals surface area contributed by atoms with Crippen molar-refractivity contribution in [2.24, 2.45) is 0 Å². The van der Waals surface area contributed by atoms with Crippen LogP contribution in [-0.4, -0.2) is 57.3 Å². The SMILES string of the molecule is CC1(O)CC(n2cnc3cc(OCCN4CCC5(CC4)C(=O)Nc4ccc(F)cc45)cc(Cl)c32)C1. The molecule has 3 heterocycles. The molecule has 2 fully saturated rings. The van der Waals surface area contributed by atoms with Crippen molar-refractivity contribution in [2.75, 3.05) is 31.6 Å². The molecule has 6 rings (SSSR count). The molecule has 1 saturated heterocycles. The summed E-state index contributed by atoms with van der Waals surface area (Å²) < 4.78 is 21.9. The standard InChI is InChI=1S/C26H28ClFN4O3/c1-25(34)13-17(14-25)32-15-29-22-12-18(11-20(27)23(22)32)35-9-8-31-6-4-26(5-7-31)19-10-16(28)2-3-21(19)30-24(26)33/h2-3,10-12,15,17,34H,4-9,13-14H2,1H3,(H,30,33). The number of aliphatic hydroxyl groups is 1. The zero-order valence-corrected chi connectivity index (χ0v) is 20.3. The predicted octanol–water partition coefficient (Wildman–Crippen LogP) is 4.28. The summed E-state index contributed by atoms with van der Waals surface area (Å²) in [5.74, 6) is 0.332. The van der Waals surface area contributed by atoms with Crippen molar-refractivity contribution in [3.63, 3.8) is 0 Å². The van der Waals surface area contributed by atoms with Gasteiger partial charge in [0.05, 0.1) is 33.4 Å². The maximum absolute atomic E-state index is 13.9. The summed E-state index contributed by atoms with van der Waals surface area (Å²) in [5.41, 5.74) is 1.90. The van der Waals surface area contributed by atoms with Gasteiger partial charge in [0, 0.05) is 30.4 Å². The lowest BCUT2D eigenvalue weighted by Crippen LogP contribution is -2.47. The first-order valence-corrected chi connectivity index (χ1v) is 12.5. The van der Waals surface area contributed by atoms with Crippen LogP contribution >= 0.6 is 11.6 Å². The topological polar surface area (TPSA) is 79.6 Å². The number of ether oxygens (including phenoxy) is 1. The molecule has 184 valence electrons. The van der Waals surface area contributed by atoms with Crippen LogP contribution in [0.25, 0.3) is 11.0 Å². The molecular formula is C26H28ClFN4O3. The summed E-state index contributed by atoms with van der Waals surface area (Å²) >= 11 is 6.59. The molecule has 3 aliphatic rings. The van der Waals surface area contributed by atoms with E-state index in [1.165, 1.54) is 12.1 Å². The fourth-order valence-corrected chi connectivity index (χ4v) is 6.24. The Morgan fingerprint density at radius 1 is 1.26 bits per heavy atom. The van der Waals surface area contributed by atoms with Crippen LogP contribution in [-0.2, 0) is 10.2 Å². The Kier molecular flexibility index (Phi) is 5.32. The summed E-state index contributed by atoms with van der Waals surface area (Å²) in [5, 5.41) is 13.6. The molecule has 9 heteroatoms. The molecule has 0 bridgehead atoms. The number of fused-ring (bicyclic) bond motifs is 3. The second-order valence-electron chi connectivity index (χ2n) is 10.4. The van der Waals surface area contributed by atoms with Crippen LogP contribution in [0.5, 0.6) is 5.75 Å². The van der Waals surface area contributed by atoms with Gasteiger partial charge < -0.3 is 19.7 Å². The lowest BCUT2D eigenvalue weighted by Gasteiger charge is -2.41. The summed E-state index contributed by atoms with van der Waals surface area (Å²) in [7, 11) is 0. The number of nitrogens with zero attached hydrogens (tertiary/aromatic N) is 3. The average Bonchev–Trinajstić information content (AvgIpc) is 3.33. The first-order valence-electron chi connectivity index (χ1n) is 12.1. The van der Waals surface area contributed by atoms with E-state index in [2.05, 4.69) is 15.2 Å². The molecule has 1 aromatic heterocycles. The molecule has 1 amide bonds. The van der Waals surface area contributed by atoms with Gasteiger partial charge >= 0.3 is 0 Å². The van der Waals surface area contributed by atoms with E-state index in [4.69, 9.17) is 16.3 Å². The monoisotopic (exact) mass is 498 g/mol. The van der Waals surface area contributed by atoms with Gasteiger partial charge in [0.2, 0.25) is 5.91 Å².